The molecule has 0 radical (unpaired) electrons. The average Bonchev–Trinajstić information content (AvgIpc) is 4.17. The molecule has 0 bridgehead atoms. The van der Waals surface area contributed by atoms with E-state index in [0.717, 1.165) is 0 Å². The molecule has 1 aromatic heterocycles. The van der Waals surface area contributed by atoms with Gasteiger partial charge in [-0.3, -0.25) is 52.7 Å². The third kappa shape index (κ3) is 15.0. The Hall–Kier alpha value is -7.19. The number of nitrogens with zero attached hydrogens (tertiary/aromatic N) is 2. The summed E-state index contributed by atoms with van der Waals surface area (Å²) in [5.74, 6) is -11.1. The molecule has 0 saturated carbocycles. The van der Waals surface area contributed by atoms with Crippen molar-refractivity contribution in [2.24, 2.45) is 17.6 Å². The molecule has 0 spiro atoms. The van der Waals surface area contributed by atoms with Crippen LogP contribution in [0.5, 0.6) is 0 Å². The molecule has 4 heterocycles. The van der Waals surface area contributed by atoms with Crippen LogP contribution >= 0.6 is 0 Å². The molecular weight excluding hydrogens is 981 g/mol. The quantitative estimate of drug-likeness (QED) is 0.101. The number of nitrogens with one attached hydrogen (secondary N) is 9. The van der Waals surface area contributed by atoms with Gasteiger partial charge in [-0.2, -0.15) is 0 Å². The first kappa shape index (κ1) is 58.7. The number of aliphatic hydroxyl groups is 3. The first-order valence-corrected chi connectivity index (χ1v) is 25.3. The van der Waals surface area contributed by atoms with Gasteiger partial charge in [0.1, 0.15) is 54.4 Å². The van der Waals surface area contributed by atoms with E-state index in [1.54, 1.807) is 58.2 Å². The molecule has 26 heteroatoms. The zero-order valence-corrected chi connectivity index (χ0v) is 42.8. The predicted molar refractivity (Wildman–Crippen MR) is 267 cm³/mol. The number of aromatic nitrogens is 1. The second-order valence-electron chi connectivity index (χ2n) is 19.7. The van der Waals surface area contributed by atoms with Gasteiger partial charge in [-0.1, -0.05) is 52.3 Å². The molecular formula is C49H72N12O14. The van der Waals surface area contributed by atoms with Crippen molar-refractivity contribution < 1.29 is 68.1 Å². The van der Waals surface area contributed by atoms with Crippen LogP contribution in [0.25, 0.3) is 10.9 Å². The highest BCUT2D eigenvalue weighted by Gasteiger charge is 2.44. The molecule has 3 saturated heterocycles. The Balaban J connectivity index is 1.51. The third-order valence-electron chi connectivity index (χ3n) is 13.9. The second-order valence-corrected chi connectivity index (χ2v) is 19.7. The standard InChI is InChI=1S/C49H72N12O14/c1-6-25(4)39-46(72)55-31(19-27-20-51-29-12-8-7-11-28(27)29)41(67)52-21-37(66)53-33(23-63)48(74)60-17-9-13-34(60)44(70)57-38(24(2)3)49(75)61-18-10-14-35(61)45(71)59-40(26(5)64)47(73)56-32(22-62)43(69)54-30(42(68)58-39)15-16-36(50)65/h7-8,11-12,20,24-26,30-35,38-40,51,62-64H,6,9-10,13-19,21-23H2,1-5H3,(H2,50,65)(H,52,67)(H,53,66)(H,54,69)(H,55,72)(H,56,73)(H,57,70)(H,58,68)(H,59,71). The van der Waals surface area contributed by atoms with Crippen LogP contribution in [0.2, 0.25) is 0 Å². The molecule has 3 aliphatic rings. The van der Waals surface area contributed by atoms with Crippen molar-refractivity contribution in [3.05, 3.63) is 36.0 Å². The molecule has 2 aromatic rings. The first-order valence-electron chi connectivity index (χ1n) is 25.3. The minimum absolute atomic E-state index is 0.0534. The number of aliphatic hydroxyl groups excluding tert-OH is 3. The first-order chi connectivity index (χ1) is 35.6. The molecule has 26 nitrogen and oxygen atoms in total. The van der Waals surface area contributed by atoms with E-state index in [2.05, 4.69) is 47.5 Å². The van der Waals surface area contributed by atoms with Crippen LogP contribution in [0.1, 0.15) is 85.1 Å². The van der Waals surface area contributed by atoms with Crippen LogP contribution in [0, 0.1) is 11.8 Å². The van der Waals surface area contributed by atoms with E-state index < -0.39 is 170 Å². The fourth-order valence-electron chi connectivity index (χ4n) is 9.35. The van der Waals surface area contributed by atoms with Crippen molar-refractivity contribution in [1.29, 1.82) is 0 Å². The summed E-state index contributed by atoms with van der Waals surface area (Å²) >= 11 is 0. The molecule has 11 unspecified atom stereocenters. The van der Waals surface area contributed by atoms with Crippen LogP contribution < -0.4 is 48.3 Å². The Morgan fingerprint density at radius 2 is 1.20 bits per heavy atom. The number of benzene rings is 1. The van der Waals surface area contributed by atoms with Gasteiger partial charge < -0.3 is 78.4 Å². The predicted octanol–water partition coefficient (Wildman–Crippen LogP) is -4.45. The van der Waals surface area contributed by atoms with Gasteiger partial charge in [0.2, 0.25) is 65.0 Å². The van der Waals surface area contributed by atoms with Gasteiger partial charge in [0.15, 0.2) is 0 Å². The van der Waals surface area contributed by atoms with Crippen molar-refractivity contribution in [2.45, 2.75) is 146 Å². The van der Waals surface area contributed by atoms with Gasteiger partial charge in [-0.25, -0.2) is 0 Å². The highest BCUT2D eigenvalue weighted by Crippen LogP contribution is 2.24. The van der Waals surface area contributed by atoms with E-state index >= 15 is 0 Å². The molecule has 75 heavy (non-hydrogen) atoms. The van der Waals surface area contributed by atoms with Crippen LogP contribution in [-0.2, 0) is 59.2 Å². The SMILES string of the molecule is CCC(C)C1NC(=O)C(CCC(N)=O)NC(=O)C(CO)NC(=O)C(C(C)O)NC(=O)C2CCCN2C(=O)C(C(C)C)NC(=O)C2CCCN2C(=O)C(CO)NC(=O)CNC(=O)C(Cc2c[nH]c3ccccc23)NC1=O. The highest BCUT2D eigenvalue weighted by atomic mass is 16.3. The molecule has 5 rings (SSSR count). The summed E-state index contributed by atoms with van der Waals surface area (Å²) in [6.07, 6.45) is 0.255. The minimum atomic E-state index is -1.82. The molecule has 11 atom stereocenters. The number of hydrogen-bond donors (Lipinski definition) is 13. The van der Waals surface area contributed by atoms with Crippen molar-refractivity contribution in [3.63, 3.8) is 0 Å². The Morgan fingerprint density at radius 1 is 0.653 bits per heavy atom. The van der Waals surface area contributed by atoms with E-state index in [4.69, 9.17) is 5.73 Å². The summed E-state index contributed by atoms with van der Waals surface area (Å²) in [4.78, 5) is 157. The molecule has 1 aromatic carbocycles. The fraction of sp³-hybridized carbons (Fsp3) is 0.612. The van der Waals surface area contributed by atoms with Crippen LogP contribution in [0.4, 0.5) is 0 Å². The van der Waals surface area contributed by atoms with Crippen molar-refractivity contribution in [2.75, 3.05) is 32.8 Å². The molecule has 412 valence electrons. The molecule has 11 amide bonds. The largest absolute Gasteiger partial charge is 0.394 e. The van der Waals surface area contributed by atoms with E-state index in [1.165, 1.54) is 16.7 Å². The number of primary amides is 1. The van der Waals surface area contributed by atoms with Gasteiger partial charge in [0.05, 0.1) is 25.9 Å². The summed E-state index contributed by atoms with van der Waals surface area (Å²) in [6, 6.07) is -6.02. The van der Waals surface area contributed by atoms with E-state index in [-0.39, 0.29) is 38.8 Å². The van der Waals surface area contributed by atoms with Gasteiger partial charge in [0, 0.05) is 43.0 Å². The maximum Gasteiger partial charge on any atom is 0.248 e. The topological polar surface area (TPSA) is 393 Å². The maximum absolute atomic E-state index is 14.4. The number of H-pyrrole nitrogens is 1. The number of amides is 11. The van der Waals surface area contributed by atoms with E-state index in [1.807, 2.05) is 0 Å². The number of carbonyl (C=O) groups excluding carboxylic acids is 11. The second kappa shape index (κ2) is 26.9. The number of aromatic amines is 1. The molecule has 14 N–H and O–H groups in total. The molecule has 3 aliphatic heterocycles. The van der Waals surface area contributed by atoms with Crippen LogP contribution in [0.3, 0.4) is 0 Å². The lowest BCUT2D eigenvalue weighted by molar-refractivity contribution is -0.146. The van der Waals surface area contributed by atoms with Gasteiger partial charge >= 0.3 is 0 Å². The number of carbonyl (C=O) groups is 11. The lowest BCUT2D eigenvalue weighted by atomic mass is 9.96. The number of nitrogens with two attached hydrogens (primary N) is 1. The van der Waals surface area contributed by atoms with Gasteiger partial charge in [-0.15, -0.1) is 0 Å². The number of hydrogen-bond acceptors (Lipinski definition) is 14. The molecule has 3 fully saturated rings. The normalized spacial score (nSPS) is 27.7. The summed E-state index contributed by atoms with van der Waals surface area (Å²) in [7, 11) is 0. The van der Waals surface area contributed by atoms with Crippen molar-refractivity contribution in [1.82, 2.24) is 57.3 Å². The summed E-state index contributed by atoms with van der Waals surface area (Å²) in [5, 5.41) is 52.1. The monoisotopic (exact) mass is 1050 g/mol. The lowest BCUT2D eigenvalue weighted by Crippen LogP contribution is -2.63. The Morgan fingerprint density at radius 3 is 1.79 bits per heavy atom. The van der Waals surface area contributed by atoms with Crippen LogP contribution in [-0.4, -0.2) is 188 Å². The van der Waals surface area contributed by atoms with Gasteiger partial charge in [0.25, 0.3) is 0 Å². The van der Waals surface area contributed by atoms with Crippen molar-refractivity contribution in [3.8, 4) is 0 Å². The number of para-hydroxylation sites is 1. The zero-order chi connectivity index (χ0) is 55.3. The van der Waals surface area contributed by atoms with E-state index in [9.17, 15) is 68.1 Å². The zero-order valence-electron chi connectivity index (χ0n) is 42.8. The smallest absolute Gasteiger partial charge is 0.248 e. The average molecular weight is 1050 g/mol. The highest BCUT2D eigenvalue weighted by molar-refractivity contribution is 6.00. The van der Waals surface area contributed by atoms with Gasteiger partial charge in [-0.05, 0) is 62.5 Å². The lowest BCUT2D eigenvalue weighted by Gasteiger charge is -2.33. The van der Waals surface area contributed by atoms with Crippen LogP contribution in [0.15, 0.2) is 30.5 Å². The van der Waals surface area contributed by atoms with Crippen molar-refractivity contribution >= 4 is 75.9 Å². The summed E-state index contributed by atoms with van der Waals surface area (Å²) in [5.41, 5.74) is 6.70. The summed E-state index contributed by atoms with van der Waals surface area (Å²) < 4.78 is 0. The summed E-state index contributed by atoms with van der Waals surface area (Å²) in [6.45, 7) is 5.24. The number of rotatable bonds is 11. The minimum Gasteiger partial charge on any atom is -0.394 e. The molecule has 0 aliphatic carbocycles. The number of fused-ring (bicyclic) bond motifs is 3. The maximum atomic E-state index is 14.4. The Labute approximate surface area is 433 Å². The van der Waals surface area contributed by atoms with E-state index in [0.29, 0.717) is 29.3 Å². The Bertz CT molecular complexity index is 2450. The third-order valence-corrected chi connectivity index (χ3v) is 13.9. The fourth-order valence-corrected chi connectivity index (χ4v) is 9.35. The Kier molecular flexibility index (Phi) is 21.0.